The summed E-state index contributed by atoms with van der Waals surface area (Å²) in [5, 5.41) is 17.9. The molecule has 8 aromatic rings. The molecule has 9 rings (SSSR count). The molecule has 4 aromatic carbocycles. The van der Waals surface area contributed by atoms with Crippen molar-refractivity contribution in [2.24, 2.45) is 24.3 Å². The molecule has 18 heteroatoms. The molecular formula is C44H44N8O6S4. The average Bonchev–Trinajstić information content (AvgIpc) is 4.05. The van der Waals surface area contributed by atoms with Crippen molar-refractivity contribution in [2.45, 2.75) is 23.6 Å². The van der Waals surface area contributed by atoms with Crippen LogP contribution in [-0.2, 0) is 34.3 Å². The second-order valence-electron chi connectivity index (χ2n) is 14.5. The largest absolute Gasteiger partial charge is 0.744 e. The number of hydrogen-bond donors (Lipinski definition) is 0. The van der Waals surface area contributed by atoms with Crippen molar-refractivity contribution >= 4 is 65.3 Å². The second-order valence-corrected chi connectivity index (χ2v) is 19.0. The molecule has 1 saturated heterocycles. The number of fused-ring (bicyclic) bond motifs is 2. The lowest BCUT2D eigenvalue weighted by Gasteiger charge is -2.31. The summed E-state index contributed by atoms with van der Waals surface area (Å²) in [5.74, 6) is 0. The van der Waals surface area contributed by atoms with Gasteiger partial charge < -0.3 is 9.11 Å². The molecule has 0 atom stereocenters. The minimum Gasteiger partial charge on any atom is -0.744 e. The summed E-state index contributed by atoms with van der Waals surface area (Å²) >= 11 is 3.49. The molecule has 0 unspecified atom stereocenters. The Bertz CT molecular complexity index is 2840. The van der Waals surface area contributed by atoms with Crippen molar-refractivity contribution < 1.29 is 34.7 Å². The third kappa shape index (κ3) is 10.9. The van der Waals surface area contributed by atoms with E-state index in [1.807, 2.05) is 26.3 Å². The summed E-state index contributed by atoms with van der Waals surface area (Å²) in [6.07, 6.45) is 12.5. The first-order chi connectivity index (χ1) is 29.6. The molecule has 0 radical (unpaired) electrons. The van der Waals surface area contributed by atoms with Crippen LogP contribution in [0.4, 0.5) is 0 Å². The Morgan fingerprint density at radius 2 is 0.887 bits per heavy atom. The van der Waals surface area contributed by atoms with Gasteiger partial charge in [0.15, 0.2) is 11.4 Å². The summed E-state index contributed by atoms with van der Waals surface area (Å²) in [4.78, 5) is 2.10. The number of piperazine rings is 1. The monoisotopic (exact) mass is 908 g/mol. The van der Waals surface area contributed by atoms with Crippen LogP contribution >= 0.6 is 22.7 Å². The number of rotatable bonds is 8. The summed E-state index contributed by atoms with van der Waals surface area (Å²) in [6, 6.07) is 28.8. The van der Waals surface area contributed by atoms with Gasteiger partial charge in [0.25, 0.3) is 0 Å². The molecule has 0 aliphatic carbocycles. The first-order valence-electron chi connectivity index (χ1n) is 19.3. The first kappa shape index (κ1) is 44.0. The summed E-state index contributed by atoms with van der Waals surface area (Å²) in [6.45, 7) is 7.05. The zero-order chi connectivity index (χ0) is 44.0. The van der Waals surface area contributed by atoms with Crippen LogP contribution in [0, 0.1) is 13.8 Å². The fraction of sp³-hybridized carbons (Fsp3) is 0.182. The molecule has 14 nitrogen and oxygen atoms in total. The Kier molecular flexibility index (Phi) is 13.5. The standard InChI is InChI=1S/C30H30N8S2.2C7H8O3S/c1-33-27(21-35-15-17-39-29(33)35)25-7-3-23(4-8-25)19-31-37-11-13-38(14-12-37)32-20-24-5-9-26(10-6-24)28-22-36-16-18-40-30(36)34(28)2;2*1-6-2-4-7(5-3-6)11(8,9)10/h3-10,15-22H,11-14H2,1-2H3;2*2-5H,1H3,(H,8,9,10)/q+2;;/p-2/b31-19+,32-20+;;. The quantitative estimate of drug-likeness (QED) is 0.101. The van der Waals surface area contributed by atoms with Crippen LogP contribution in [0.25, 0.3) is 32.4 Å². The maximum Gasteiger partial charge on any atom is 0.345 e. The Balaban J connectivity index is 0.000000214. The molecule has 5 heterocycles. The highest BCUT2D eigenvalue weighted by Gasteiger charge is 2.18. The van der Waals surface area contributed by atoms with E-state index in [4.69, 9.17) is 10.2 Å². The van der Waals surface area contributed by atoms with E-state index in [2.05, 4.69) is 126 Å². The number of imidazole rings is 2. The highest BCUT2D eigenvalue weighted by Crippen LogP contribution is 2.23. The van der Waals surface area contributed by atoms with Crippen LogP contribution in [0.3, 0.4) is 0 Å². The van der Waals surface area contributed by atoms with Gasteiger partial charge in [-0.3, -0.25) is 10.0 Å². The van der Waals surface area contributed by atoms with Gasteiger partial charge in [0.2, 0.25) is 0 Å². The molecule has 0 N–H and O–H groups in total. The van der Waals surface area contributed by atoms with E-state index in [0.29, 0.717) is 0 Å². The molecule has 0 spiro atoms. The SMILES string of the molecule is Cc1ccc(S(=O)(=O)[O-])cc1.Cc1ccc(S(=O)(=O)[O-])cc1.Cn1c(-c2ccc(/C=N/N3CCN(/N=C/c4ccc(-c5c[n+]6ccsc6n5C)cc4)CC3)cc2)c[n+]2ccsc12. The summed E-state index contributed by atoms with van der Waals surface area (Å²) < 4.78 is 71.1. The third-order valence-corrected chi connectivity index (χ3v) is 13.7. The van der Waals surface area contributed by atoms with E-state index in [1.54, 1.807) is 46.9 Å². The maximum absolute atomic E-state index is 10.4. The fourth-order valence-electron chi connectivity index (χ4n) is 6.55. The van der Waals surface area contributed by atoms with Crippen LogP contribution < -0.4 is 8.80 Å². The predicted octanol–water partition coefficient (Wildman–Crippen LogP) is 6.08. The van der Waals surface area contributed by atoms with E-state index >= 15 is 0 Å². The van der Waals surface area contributed by atoms with Crippen LogP contribution in [0.2, 0.25) is 0 Å². The third-order valence-electron chi connectivity index (χ3n) is 10.1. The second kappa shape index (κ2) is 18.9. The number of hydrazone groups is 2. The lowest BCUT2D eigenvalue weighted by molar-refractivity contribution is -0.505. The van der Waals surface area contributed by atoms with Crippen LogP contribution in [0.1, 0.15) is 22.3 Å². The van der Waals surface area contributed by atoms with Crippen molar-refractivity contribution in [1.82, 2.24) is 19.2 Å². The van der Waals surface area contributed by atoms with Crippen LogP contribution in [-0.4, -0.2) is 83.7 Å². The lowest BCUT2D eigenvalue weighted by atomic mass is 10.1. The summed E-state index contributed by atoms with van der Waals surface area (Å²) in [7, 11) is -4.31. The number of aromatic nitrogens is 4. The molecular weight excluding hydrogens is 865 g/mol. The zero-order valence-electron chi connectivity index (χ0n) is 34.3. The number of thiazole rings is 2. The van der Waals surface area contributed by atoms with Gasteiger partial charge in [0.05, 0.1) is 62.5 Å². The fourth-order valence-corrected chi connectivity index (χ4v) is 9.10. The van der Waals surface area contributed by atoms with Crippen molar-refractivity contribution in [3.05, 3.63) is 155 Å². The molecule has 4 aromatic heterocycles. The predicted molar refractivity (Wildman–Crippen MR) is 240 cm³/mol. The molecule has 1 fully saturated rings. The molecule has 0 bridgehead atoms. The van der Waals surface area contributed by atoms with Gasteiger partial charge in [-0.05, 0) is 73.5 Å². The number of aryl methyl sites for hydroxylation is 4. The van der Waals surface area contributed by atoms with E-state index in [-0.39, 0.29) is 9.79 Å². The maximum atomic E-state index is 10.4. The Hall–Kier alpha value is -6.02. The lowest BCUT2D eigenvalue weighted by Crippen LogP contribution is -2.41. The molecule has 62 heavy (non-hydrogen) atoms. The van der Waals surface area contributed by atoms with Crippen molar-refractivity contribution in [3.8, 4) is 22.5 Å². The zero-order valence-corrected chi connectivity index (χ0v) is 37.6. The van der Waals surface area contributed by atoms with Gasteiger partial charge in [-0.2, -0.15) is 19.0 Å². The molecule has 320 valence electrons. The van der Waals surface area contributed by atoms with Gasteiger partial charge in [-0.15, -0.1) is 0 Å². The Morgan fingerprint density at radius 1 is 0.548 bits per heavy atom. The number of benzene rings is 4. The normalized spacial score (nSPS) is 13.5. The highest BCUT2D eigenvalue weighted by molar-refractivity contribution is 7.86. The minimum atomic E-state index is -4.27. The summed E-state index contributed by atoms with van der Waals surface area (Å²) in [5.41, 5.74) is 8.88. The van der Waals surface area contributed by atoms with Crippen molar-refractivity contribution in [3.63, 3.8) is 0 Å². The van der Waals surface area contributed by atoms with Gasteiger partial charge in [-0.1, -0.05) is 82.3 Å². The Labute approximate surface area is 368 Å². The van der Waals surface area contributed by atoms with Gasteiger partial charge in [-0.25, -0.2) is 26.0 Å². The van der Waals surface area contributed by atoms with E-state index in [9.17, 15) is 25.9 Å². The number of hydrogen-bond acceptors (Lipinski definition) is 12. The van der Waals surface area contributed by atoms with E-state index in [0.717, 1.165) is 48.4 Å². The van der Waals surface area contributed by atoms with Crippen LogP contribution in [0.15, 0.2) is 153 Å². The molecule has 0 amide bonds. The first-order valence-corrected chi connectivity index (χ1v) is 23.9. The molecule has 0 saturated carbocycles. The Morgan fingerprint density at radius 3 is 1.19 bits per heavy atom. The van der Waals surface area contributed by atoms with Gasteiger partial charge in [0, 0.05) is 21.9 Å². The van der Waals surface area contributed by atoms with Gasteiger partial charge >= 0.3 is 9.92 Å². The van der Waals surface area contributed by atoms with Crippen LogP contribution in [0.5, 0.6) is 0 Å². The van der Waals surface area contributed by atoms with E-state index in [1.165, 1.54) is 56.7 Å². The van der Waals surface area contributed by atoms with E-state index < -0.39 is 20.2 Å². The van der Waals surface area contributed by atoms with Crippen molar-refractivity contribution in [1.29, 1.82) is 0 Å². The molecule has 1 aliphatic rings. The minimum absolute atomic E-state index is 0.178. The smallest absolute Gasteiger partial charge is 0.345 e. The topological polar surface area (TPSA) is 164 Å². The average molecular weight is 909 g/mol. The molecule has 1 aliphatic heterocycles. The number of nitrogens with zero attached hydrogens (tertiary/aromatic N) is 8. The van der Waals surface area contributed by atoms with Crippen molar-refractivity contribution in [2.75, 3.05) is 26.2 Å². The van der Waals surface area contributed by atoms with Gasteiger partial charge in [0.1, 0.15) is 45.0 Å². The highest BCUT2D eigenvalue weighted by atomic mass is 32.2.